The number of aromatic hydroxyl groups is 1. The molecule has 92 valence electrons. The maximum absolute atomic E-state index is 12.8. The maximum Gasteiger partial charge on any atom is 0.270 e. The molecular formula is C10H10F2N2O3. The molecule has 0 bridgehead atoms. The summed E-state index contributed by atoms with van der Waals surface area (Å²) in [5.74, 6) is -3.17. The summed E-state index contributed by atoms with van der Waals surface area (Å²) in [6.45, 7) is 0. The smallest absolute Gasteiger partial charge is 0.270 e. The van der Waals surface area contributed by atoms with Crippen molar-refractivity contribution in [3.05, 3.63) is 33.9 Å². The Morgan fingerprint density at radius 1 is 1.41 bits per heavy atom. The highest BCUT2D eigenvalue weighted by molar-refractivity contribution is 5.48. The van der Waals surface area contributed by atoms with E-state index in [9.17, 15) is 24.0 Å². The van der Waals surface area contributed by atoms with E-state index in [2.05, 4.69) is 0 Å². The Morgan fingerprint density at radius 3 is 2.47 bits per heavy atom. The Kier molecular flexibility index (Phi) is 2.32. The first-order valence-corrected chi connectivity index (χ1v) is 4.88. The molecule has 0 heterocycles. The SMILES string of the molecule is NC1(c2cc([N+](=O)[O-])ccc2O)CC(F)(F)C1. The van der Waals surface area contributed by atoms with Gasteiger partial charge in [0.25, 0.3) is 11.6 Å². The first-order chi connectivity index (χ1) is 7.73. The van der Waals surface area contributed by atoms with E-state index in [-0.39, 0.29) is 17.0 Å². The van der Waals surface area contributed by atoms with Crippen LogP contribution in [0.1, 0.15) is 18.4 Å². The third kappa shape index (κ3) is 1.93. The molecule has 1 aliphatic carbocycles. The number of benzene rings is 1. The number of nitro groups is 1. The zero-order valence-electron chi connectivity index (χ0n) is 8.69. The molecule has 1 aliphatic rings. The van der Waals surface area contributed by atoms with Crippen LogP contribution >= 0.6 is 0 Å². The minimum Gasteiger partial charge on any atom is -0.508 e. The number of phenols is 1. The molecule has 0 saturated heterocycles. The van der Waals surface area contributed by atoms with Crippen LogP contribution in [0.2, 0.25) is 0 Å². The lowest BCUT2D eigenvalue weighted by molar-refractivity contribution is -0.385. The molecule has 17 heavy (non-hydrogen) atoms. The van der Waals surface area contributed by atoms with Gasteiger partial charge in [-0.25, -0.2) is 8.78 Å². The first kappa shape index (κ1) is 11.7. The average Bonchev–Trinajstić information content (AvgIpc) is 2.14. The van der Waals surface area contributed by atoms with Crippen LogP contribution in [0, 0.1) is 10.1 Å². The van der Waals surface area contributed by atoms with E-state index in [1.165, 1.54) is 0 Å². The molecule has 0 unspecified atom stereocenters. The van der Waals surface area contributed by atoms with E-state index in [4.69, 9.17) is 5.73 Å². The lowest BCUT2D eigenvalue weighted by atomic mass is 9.69. The van der Waals surface area contributed by atoms with Crippen molar-refractivity contribution in [1.82, 2.24) is 0 Å². The van der Waals surface area contributed by atoms with Crippen LogP contribution in [0.5, 0.6) is 5.75 Å². The second kappa shape index (κ2) is 3.36. The van der Waals surface area contributed by atoms with Gasteiger partial charge >= 0.3 is 0 Å². The van der Waals surface area contributed by atoms with Gasteiger partial charge < -0.3 is 10.8 Å². The van der Waals surface area contributed by atoms with Gasteiger partial charge in [-0.2, -0.15) is 0 Å². The van der Waals surface area contributed by atoms with Crippen LogP contribution in [-0.2, 0) is 5.54 Å². The number of alkyl halides is 2. The standard InChI is InChI=1S/C10H10F2N2O3/c11-10(12)4-9(13,5-10)7-3-6(14(16)17)1-2-8(7)15/h1-3,15H,4-5,13H2. The molecule has 0 radical (unpaired) electrons. The summed E-state index contributed by atoms with van der Waals surface area (Å²) in [6, 6.07) is 3.24. The summed E-state index contributed by atoms with van der Waals surface area (Å²) in [4.78, 5) is 9.90. The van der Waals surface area contributed by atoms with E-state index in [0.29, 0.717) is 0 Å². The van der Waals surface area contributed by atoms with Gasteiger partial charge in [0.15, 0.2) is 0 Å². The molecule has 1 saturated carbocycles. The molecule has 1 aromatic carbocycles. The van der Waals surface area contributed by atoms with Gasteiger partial charge in [-0.3, -0.25) is 10.1 Å². The summed E-state index contributed by atoms with van der Waals surface area (Å²) in [7, 11) is 0. The molecule has 0 amide bonds. The number of nitrogens with zero attached hydrogens (tertiary/aromatic N) is 1. The Labute approximate surface area is 95.0 Å². The van der Waals surface area contributed by atoms with E-state index in [1.54, 1.807) is 0 Å². The lowest BCUT2D eigenvalue weighted by Crippen LogP contribution is -2.55. The number of phenolic OH excluding ortho intramolecular Hbond substituents is 1. The van der Waals surface area contributed by atoms with Gasteiger partial charge in [0.2, 0.25) is 0 Å². The number of halogens is 2. The summed E-state index contributed by atoms with van der Waals surface area (Å²) in [6.07, 6.45) is -1.23. The van der Waals surface area contributed by atoms with Gasteiger partial charge in [-0.1, -0.05) is 0 Å². The third-order valence-electron chi connectivity index (χ3n) is 2.88. The van der Waals surface area contributed by atoms with E-state index >= 15 is 0 Å². The van der Waals surface area contributed by atoms with Crippen molar-refractivity contribution in [2.24, 2.45) is 5.73 Å². The minimum absolute atomic E-state index is 0.00220. The van der Waals surface area contributed by atoms with Crippen molar-refractivity contribution in [2.75, 3.05) is 0 Å². The van der Waals surface area contributed by atoms with Gasteiger partial charge in [0.05, 0.1) is 10.5 Å². The van der Waals surface area contributed by atoms with E-state index < -0.39 is 29.2 Å². The number of nitro benzene ring substituents is 1. The number of non-ortho nitro benzene ring substituents is 1. The monoisotopic (exact) mass is 244 g/mol. The fourth-order valence-electron chi connectivity index (χ4n) is 2.10. The number of nitrogens with two attached hydrogens (primary N) is 1. The first-order valence-electron chi connectivity index (χ1n) is 4.88. The van der Waals surface area contributed by atoms with Crippen molar-refractivity contribution >= 4 is 5.69 Å². The number of hydrogen-bond acceptors (Lipinski definition) is 4. The minimum atomic E-state index is -2.87. The Morgan fingerprint density at radius 2 is 2.00 bits per heavy atom. The van der Waals surface area contributed by atoms with Crippen LogP contribution in [-0.4, -0.2) is 16.0 Å². The molecule has 1 aromatic rings. The molecule has 5 nitrogen and oxygen atoms in total. The normalized spacial score (nSPS) is 20.6. The van der Waals surface area contributed by atoms with Crippen molar-refractivity contribution in [3.63, 3.8) is 0 Å². The van der Waals surface area contributed by atoms with Crippen LogP contribution in [0.3, 0.4) is 0 Å². The molecule has 0 aromatic heterocycles. The van der Waals surface area contributed by atoms with Crippen LogP contribution < -0.4 is 5.73 Å². The van der Waals surface area contributed by atoms with Crippen LogP contribution in [0.25, 0.3) is 0 Å². The molecule has 0 aliphatic heterocycles. The van der Waals surface area contributed by atoms with Crippen molar-refractivity contribution in [1.29, 1.82) is 0 Å². The number of hydrogen-bond donors (Lipinski definition) is 2. The predicted molar refractivity (Wildman–Crippen MR) is 54.8 cm³/mol. The van der Waals surface area contributed by atoms with E-state index in [1.807, 2.05) is 0 Å². The molecule has 7 heteroatoms. The van der Waals surface area contributed by atoms with Crippen molar-refractivity contribution in [2.45, 2.75) is 24.3 Å². The molecular weight excluding hydrogens is 234 g/mol. The van der Waals surface area contributed by atoms with Gasteiger partial charge in [-0.15, -0.1) is 0 Å². The molecule has 3 N–H and O–H groups in total. The second-order valence-corrected chi connectivity index (χ2v) is 4.32. The van der Waals surface area contributed by atoms with Crippen molar-refractivity contribution in [3.8, 4) is 5.75 Å². The lowest BCUT2D eigenvalue weighted by Gasteiger charge is -2.44. The average molecular weight is 244 g/mol. The van der Waals surface area contributed by atoms with Gasteiger partial charge in [0, 0.05) is 30.5 Å². The highest BCUT2D eigenvalue weighted by Crippen LogP contribution is 2.52. The Bertz CT molecular complexity index is 482. The molecule has 1 fully saturated rings. The highest BCUT2D eigenvalue weighted by atomic mass is 19.3. The number of rotatable bonds is 2. The summed E-state index contributed by atoms with van der Waals surface area (Å²) >= 11 is 0. The second-order valence-electron chi connectivity index (χ2n) is 4.32. The highest BCUT2D eigenvalue weighted by Gasteiger charge is 2.56. The Balaban J connectivity index is 2.39. The van der Waals surface area contributed by atoms with Gasteiger partial charge in [0.1, 0.15) is 5.75 Å². The molecule has 0 atom stereocenters. The van der Waals surface area contributed by atoms with Crippen LogP contribution in [0.4, 0.5) is 14.5 Å². The van der Waals surface area contributed by atoms with Crippen molar-refractivity contribution < 1.29 is 18.8 Å². The topological polar surface area (TPSA) is 89.4 Å². The Hall–Kier alpha value is -1.76. The fourth-order valence-corrected chi connectivity index (χ4v) is 2.10. The third-order valence-corrected chi connectivity index (χ3v) is 2.88. The quantitative estimate of drug-likeness (QED) is 0.614. The molecule has 0 spiro atoms. The largest absolute Gasteiger partial charge is 0.508 e. The maximum atomic E-state index is 12.8. The summed E-state index contributed by atoms with van der Waals surface area (Å²) < 4.78 is 25.6. The van der Waals surface area contributed by atoms with Crippen LogP contribution in [0.15, 0.2) is 18.2 Å². The van der Waals surface area contributed by atoms with E-state index in [0.717, 1.165) is 18.2 Å². The zero-order chi connectivity index (χ0) is 12.8. The van der Waals surface area contributed by atoms with Gasteiger partial charge in [-0.05, 0) is 6.07 Å². The predicted octanol–water partition coefficient (Wildman–Crippen LogP) is 1.88. The zero-order valence-corrected chi connectivity index (χ0v) is 8.69. The summed E-state index contributed by atoms with van der Waals surface area (Å²) in [5, 5.41) is 20.1. The summed E-state index contributed by atoms with van der Waals surface area (Å²) in [5.41, 5.74) is 4.04. The fraction of sp³-hybridized carbons (Fsp3) is 0.400. The molecule has 2 rings (SSSR count).